The lowest BCUT2D eigenvalue weighted by molar-refractivity contribution is -0.145. The lowest BCUT2D eigenvalue weighted by atomic mass is 10.0. The number of amides is 1. The van der Waals surface area contributed by atoms with Crippen molar-refractivity contribution in [2.75, 3.05) is 38.3 Å². The number of rotatable bonds is 7. The van der Waals surface area contributed by atoms with Gasteiger partial charge in [0, 0.05) is 24.9 Å². The highest BCUT2D eigenvalue weighted by Gasteiger charge is 2.21. The van der Waals surface area contributed by atoms with Crippen LogP contribution in [0, 0.1) is 5.92 Å². The molecule has 142 valence electrons. The standard InChI is InChI=1S/C20H28N2O4/c1-15(2)14-18(20(24)25-3)21-19(23)9-6-16-4-7-17(8-5-16)22-10-12-26-13-11-22/h4-9,15,18H,10-14H2,1-3H3,(H,21,23). The van der Waals surface area contributed by atoms with Crippen LogP contribution in [0.25, 0.3) is 6.08 Å². The van der Waals surface area contributed by atoms with Crippen LogP contribution in [0.4, 0.5) is 5.69 Å². The van der Waals surface area contributed by atoms with Gasteiger partial charge in [-0.15, -0.1) is 0 Å². The van der Waals surface area contributed by atoms with Crippen LogP contribution in [0.3, 0.4) is 0 Å². The van der Waals surface area contributed by atoms with Crippen molar-refractivity contribution in [3.8, 4) is 0 Å². The fourth-order valence-corrected chi connectivity index (χ4v) is 2.84. The molecular weight excluding hydrogens is 332 g/mol. The number of benzene rings is 1. The van der Waals surface area contributed by atoms with Crippen LogP contribution in [-0.2, 0) is 19.1 Å². The van der Waals surface area contributed by atoms with Crippen LogP contribution in [0.1, 0.15) is 25.8 Å². The molecule has 1 aromatic carbocycles. The van der Waals surface area contributed by atoms with Gasteiger partial charge in [0.25, 0.3) is 0 Å². The quantitative estimate of drug-likeness (QED) is 0.597. The molecule has 1 heterocycles. The average molecular weight is 360 g/mol. The van der Waals surface area contributed by atoms with Crippen molar-refractivity contribution in [2.45, 2.75) is 26.3 Å². The van der Waals surface area contributed by atoms with Crippen molar-refractivity contribution in [3.05, 3.63) is 35.9 Å². The Kier molecular flexibility index (Phi) is 7.66. The predicted molar refractivity (Wildman–Crippen MR) is 102 cm³/mol. The number of anilines is 1. The Bertz CT molecular complexity index is 619. The molecule has 1 atom stereocenters. The van der Waals surface area contributed by atoms with Crippen LogP contribution < -0.4 is 10.2 Å². The maximum absolute atomic E-state index is 12.1. The van der Waals surface area contributed by atoms with Crippen LogP contribution in [0.2, 0.25) is 0 Å². The highest BCUT2D eigenvalue weighted by atomic mass is 16.5. The number of hydrogen-bond acceptors (Lipinski definition) is 5. The van der Waals surface area contributed by atoms with E-state index in [2.05, 4.69) is 10.2 Å². The van der Waals surface area contributed by atoms with Gasteiger partial charge in [-0.25, -0.2) is 4.79 Å². The van der Waals surface area contributed by atoms with Crippen molar-refractivity contribution in [1.29, 1.82) is 0 Å². The predicted octanol–water partition coefficient (Wildman–Crippen LogP) is 2.24. The lowest BCUT2D eigenvalue weighted by Crippen LogP contribution is -2.41. The van der Waals surface area contributed by atoms with Gasteiger partial charge in [-0.05, 0) is 36.1 Å². The Balaban J connectivity index is 1.92. The van der Waals surface area contributed by atoms with Gasteiger partial charge in [0.2, 0.25) is 5.91 Å². The summed E-state index contributed by atoms with van der Waals surface area (Å²) in [7, 11) is 1.33. The molecule has 6 nitrogen and oxygen atoms in total. The molecule has 0 radical (unpaired) electrons. The number of carbonyl (C=O) groups is 2. The molecule has 26 heavy (non-hydrogen) atoms. The molecule has 2 rings (SSSR count). The number of nitrogens with zero attached hydrogens (tertiary/aromatic N) is 1. The smallest absolute Gasteiger partial charge is 0.328 e. The van der Waals surface area contributed by atoms with Crippen molar-refractivity contribution in [3.63, 3.8) is 0 Å². The zero-order valence-electron chi connectivity index (χ0n) is 15.7. The molecule has 0 spiro atoms. The molecule has 1 amide bonds. The van der Waals surface area contributed by atoms with E-state index in [-0.39, 0.29) is 11.8 Å². The van der Waals surface area contributed by atoms with Crippen LogP contribution in [0.15, 0.2) is 30.3 Å². The number of methoxy groups -OCH3 is 1. The van der Waals surface area contributed by atoms with E-state index in [9.17, 15) is 9.59 Å². The molecule has 1 aliphatic heterocycles. The van der Waals surface area contributed by atoms with E-state index in [4.69, 9.17) is 9.47 Å². The van der Waals surface area contributed by atoms with Crippen LogP contribution in [-0.4, -0.2) is 51.3 Å². The Hall–Kier alpha value is -2.34. The maximum atomic E-state index is 12.1. The molecule has 0 aromatic heterocycles. The van der Waals surface area contributed by atoms with Crippen molar-refractivity contribution in [2.24, 2.45) is 5.92 Å². The summed E-state index contributed by atoms with van der Waals surface area (Å²) in [6.07, 6.45) is 3.72. The molecule has 1 N–H and O–H groups in total. The molecule has 6 heteroatoms. The van der Waals surface area contributed by atoms with Crippen molar-refractivity contribution >= 4 is 23.6 Å². The number of nitrogens with one attached hydrogen (secondary N) is 1. The first-order chi connectivity index (χ1) is 12.5. The van der Waals surface area contributed by atoms with E-state index in [0.29, 0.717) is 6.42 Å². The molecular formula is C20H28N2O4. The fraction of sp³-hybridized carbons (Fsp3) is 0.500. The van der Waals surface area contributed by atoms with E-state index in [0.717, 1.165) is 37.6 Å². The molecule has 1 aromatic rings. The summed E-state index contributed by atoms with van der Waals surface area (Å²) >= 11 is 0. The first-order valence-electron chi connectivity index (χ1n) is 8.98. The Labute approximate surface area is 155 Å². The minimum absolute atomic E-state index is 0.274. The molecule has 1 saturated heterocycles. The highest BCUT2D eigenvalue weighted by molar-refractivity contribution is 5.94. The number of ether oxygens (including phenoxy) is 2. The monoisotopic (exact) mass is 360 g/mol. The first kappa shape index (κ1) is 20.0. The lowest BCUT2D eigenvalue weighted by Gasteiger charge is -2.28. The van der Waals surface area contributed by atoms with E-state index < -0.39 is 12.0 Å². The van der Waals surface area contributed by atoms with Gasteiger partial charge in [0.05, 0.1) is 20.3 Å². The normalized spacial score (nSPS) is 15.9. The second-order valence-corrected chi connectivity index (χ2v) is 6.74. The van der Waals surface area contributed by atoms with E-state index in [1.54, 1.807) is 6.08 Å². The summed E-state index contributed by atoms with van der Waals surface area (Å²) in [5, 5.41) is 2.71. The Morgan fingerprint density at radius 1 is 1.23 bits per heavy atom. The van der Waals surface area contributed by atoms with Gasteiger partial charge in [-0.2, -0.15) is 0 Å². The largest absolute Gasteiger partial charge is 0.467 e. The fourth-order valence-electron chi connectivity index (χ4n) is 2.84. The third-order valence-electron chi connectivity index (χ3n) is 4.21. The van der Waals surface area contributed by atoms with Gasteiger partial charge in [-0.1, -0.05) is 26.0 Å². The first-order valence-corrected chi connectivity index (χ1v) is 8.98. The number of hydrogen-bond donors (Lipinski definition) is 1. The van der Waals surface area contributed by atoms with Crippen molar-refractivity contribution < 1.29 is 19.1 Å². The molecule has 1 unspecified atom stereocenters. The summed E-state index contributed by atoms with van der Waals surface area (Å²) in [6, 6.07) is 7.40. The zero-order valence-corrected chi connectivity index (χ0v) is 15.7. The van der Waals surface area contributed by atoms with Crippen molar-refractivity contribution in [1.82, 2.24) is 5.32 Å². The van der Waals surface area contributed by atoms with Gasteiger partial charge in [0.1, 0.15) is 6.04 Å². The summed E-state index contributed by atoms with van der Waals surface area (Å²) in [4.78, 5) is 26.2. The summed E-state index contributed by atoms with van der Waals surface area (Å²) in [6.45, 7) is 7.27. The van der Waals surface area contributed by atoms with Gasteiger partial charge >= 0.3 is 5.97 Å². The van der Waals surface area contributed by atoms with Gasteiger partial charge < -0.3 is 19.7 Å². The molecule has 0 aliphatic carbocycles. The summed E-state index contributed by atoms with van der Waals surface area (Å²) in [5.41, 5.74) is 2.08. The van der Waals surface area contributed by atoms with Crippen LogP contribution >= 0.6 is 0 Å². The van der Waals surface area contributed by atoms with E-state index in [1.165, 1.54) is 13.2 Å². The SMILES string of the molecule is COC(=O)C(CC(C)C)NC(=O)C=Cc1ccc(N2CCOCC2)cc1. The second-order valence-electron chi connectivity index (χ2n) is 6.74. The third kappa shape index (κ3) is 6.19. The number of esters is 1. The average Bonchev–Trinajstić information content (AvgIpc) is 2.66. The highest BCUT2D eigenvalue weighted by Crippen LogP contribution is 2.17. The third-order valence-corrected chi connectivity index (χ3v) is 4.21. The minimum Gasteiger partial charge on any atom is -0.467 e. The topological polar surface area (TPSA) is 67.9 Å². The minimum atomic E-state index is -0.624. The summed E-state index contributed by atoms with van der Waals surface area (Å²) < 4.78 is 10.1. The second kappa shape index (κ2) is 9.97. The summed E-state index contributed by atoms with van der Waals surface area (Å²) in [5.74, 6) is -0.454. The van der Waals surface area contributed by atoms with Gasteiger partial charge in [0.15, 0.2) is 0 Å². The Morgan fingerprint density at radius 3 is 2.46 bits per heavy atom. The molecule has 0 saturated carbocycles. The van der Waals surface area contributed by atoms with E-state index >= 15 is 0 Å². The maximum Gasteiger partial charge on any atom is 0.328 e. The molecule has 1 aliphatic rings. The number of morpholine rings is 1. The Morgan fingerprint density at radius 2 is 1.88 bits per heavy atom. The van der Waals surface area contributed by atoms with E-state index in [1.807, 2.05) is 38.1 Å². The van der Waals surface area contributed by atoms with Crippen LogP contribution in [0.5, 0.6) is 0 Å². The molecule has 1 fully saturated rings. The molecule has 0 bridgehead atoms. The number of carbonyl (C=O) groups excluding carboxylic acids is 2. The zero-order chi connectivity index (χ0) is 18.9. The van der Waals surface area contributed by atoms with Gasteiger partial charge in [-0.3, -0.25) is 4.79 Å².